The molecule has 1 aromatic heterocycles. The van der Waals surface area contributed by atoms with Crippen molar-refractivity contribution in [3.05, 3.63) is 70.6 Å². The number of nitrogens with one attached hydrogen (secondary N) is 2. The molecule has 0 aliphatic carbocycles. The summed E-state index contributed by atoms with van der Waals surface area (Å²) in [6.45, 7) is 1.54. The van der Waals surface area contributed by atoms with Gasteiger partial charge in [0, 0.05) is 11.4 Å². The molecule has 3 aromatic rings. The average Bonchev–Trinajstić information content (AvgIpc) is 3.17. The Balaban J connectivity index is 1.68. The SMILES string of the molecule is COc1ccccc1OCc1ccc(C(=O)Nc2cc(Br)ccc2NC(C)=O)o1. The lowest BCUT2D eigenvalue weighted by Crippen LogP contribution is -2.14. The van der Waals surface area contributed by atoms with Gasteiger partial charge in [-0.15, -0.1) is 0 Å². The Bertz CT molecular complexity index is 1030. The molecule has 0 bridgehead atoms. The Morgan fingerprint density at radius 3 is 2.48 bits per heavy atom. The number of carbonyl (C=O) groups excluding carboxylic acids is 2. The standard InChI is InChI=1S/C21H19BrN2O5/c1-13(25)23-16-9-7-14(22)11-17(16)24-21(26)20-10-8-15(29-20)12-28-19-6-4-3-5-18(19)27-2/h3-11H,12H2,1-2H3,(H,23,25)(H,24,26). The van der Waals surface area contributed by atoms with Gasteiger partial charge in [0.2, 0.25) is 5.91 Å². The van der Waals surface area contributed by atoms with Crippen molar-refractivity contribution in [2.75, 3.05) is 17.7 Å². The second kappa shape index (κ2) is 9.29. The molecule has 0 fully saturated rings. The minimum absolute atomic E-state index is 0.123. The summed E-state index contributed by atoms with van der Waals surface area (Å²) in [4.78, 5) is 23.9. The van der Waals surface area contributed by atoms with Crippen molar-refractivity contribution in [2.24, 2.45) is 0 Å². The van der Waals surface area contributed by atoms with Crippen LogP contribution in [0.5, 0.6) is 11.5 Å². The number of methoxy groups -OCH3 is 1. The summed E-state index contributed by atoms with van der Waals surface area (Å²) in [7, 11) is 1.56. The lowest BCUT2D eigenvalue weighted by atomic mass is 10.2. The van der Waals surface area contributed by atoms with Crippen molar-refractivity contribution in [3.8, 4) is 11.5 Å². The first-order chi connectivity index (χ1) is 14.0. The van der Waals surface area contributed by atoms with Crippen LogP contribution in [0.25, 0.3) is 0 Å². The highest BCUT2D eigenvalue weighted by atomic mass is 79.9. The van der Waals surface area contributed by atoms with E-state index in [4.69, 9.17) is 13.9 Å². The molecular formula is C21H19BrN2O5. The fourth-order valence-corrected chi connectivity index (χ4v) is 2.93. The average molecular weight is 459 g/mol. The summed E-state index contributed by atoms with van der Waals surface area (Å²) < 4.78 is 17.3. The van der Waals surface area contributed by atoms with Crippen LogP contribution in [0.4, 0.5) is 11.4 Å². The Morgan fingerprint density at radius 2 is 1.76 bits per heavy atom. The molecule has 0 saturated carbocycles. The van der Waals surface area contributed by atoms with E-state index in [-0.39, 0.29) is 18.3 Å². The first kappa shape index (κ1) is 20.5. The molecular weight excluding hydrogens is 440 g/mol. The zero-order valence-electron chi connectivity index (χ0n) is 15.8. The van der Waals surface area contributed by atoms with Crippen LogP contribution in [-0.4, -0.2) is 18.9 Å². The van der Waals surface area contributed by atoms with E-state index < -0.39 is 5.91 Å². The predicted octanol–water partition coefficient (Wildman–Crippen LogP) is 4.84. The number of rotatable bonds is 7. The molecule has 0 aliphatic heterocycles. The number of carbonyl (C=O) groups is 2. The molecule has 0 atom stereocenters. The van der Waals surface area contributed by atoms with Crippen molar-refractivity contribution >= 4 is 39.1 Å². The Hall–Kier alpha value is -3.26. The first-order valence-corrected chi connectivity index (χ1v) is 9.48. The van der Waals surface area contributed by atoms with Gasteiger partial charge in [-0.25, -0.2) is 0 Å². The highest BCUT2D eigenvalue weighted by Crippen LogP contribution is 2.28. The maximum absolute atomic E-state index is 12.6. The molecule has 0 saturated heterocycles. The minimum atomic E-state index is -0.446. The Kier molecular flexibility index (Phi) is 6.56. The van der Waals surface area contributed by atoms with Crippen molar-refractivity contribution in [3.63, 3.8) is 0 Å². The second-order valence-electron chi connectivity index (χ2n) is 6.03. The number of furan rings is 1. The molecule has 0 unspecified atom stereocenters. The summed E-state index contributed by atoms with van der Waals surface area (Å²) in [6, 6.07) is 15.6. The molecule has 150 valence electrons. The van der Waals surface area contributed by atoms with Crippen molar-refractivity contribution in [2.45, 2.75) is 13.5 Å². The highest BCUT2D eigenvalue weighted by molar-refractivity contribution is 9.10. The van der Waals surface area contributed by atoms with Crippen molar-refractivity contribution < 1.29 is 23.5 Å². The lowest BCUT2D eigenvalue weighted by Gasteiger charge is -2.11. The summed E-state index contributed by atoms with van der Waals surface area (Å²) in [5, 5.41) is 5.42. The molecule has 0 aliphatic rings. The Morgan fingerprint density at radius 1 is 1.00 bits per heavy atom. The summed E-state index contributed by atoms with van der Waals surface area (Å²) in [5.74, 6) is 1.10. The molecule has 7 nitrogen and oxygen atoms in total. The van der Waals surface area contributed by atoms with E-state index in [1.807, 2.05) is 12.1 Å². The van der Waals surface area contributed by atoms with Gasteiger partial charge in [-0.1, -0.05) is 28.1 Å². The van der Waals surface area contributed by atoms with E-state index in [1.165, 1.54) is 6.92 Å². The molecule has 8 heteroatoms. The van der Waals surface area contributed by atoms with Gasteiger partial charge in [0.1, 0.15) is 12.4 Å². The van der Waals surface area contributed by atoms with Crippen LogP contribution in [-0.2, 0) is 11.4 Å². The summed E-state index contributed by atoms with van der Waals surface area (Å²) in [6.07, 6.45) is 0. The minimum Gasteiger partial charge on any atom is -0.493 e. The number of halogens is 1. The number of para-hydroxylation sites is 2. The van der Waals surface area contributed by atoms with Crippen LogP contribution in [0.2, 0.25) is 0 Å². The van der Waals surface area contributed by atoms with Gasteiger partial charge in [0.25, 0.3) is 5.91 Å². The van der Waals surface area contributed by atoms with Gasteiger partial charge >= 0.3 is 0 Å². The van der Waals surface area contributed by atoms with E-state index in [0.717, 1.165) is 4.47 Å². The molecule has 0 radical (unpaired) electrons. The fraction of sp³-hybridized carbons (Fsp3) is 0.143. The van der Waals surface area contributed by atoms with Gasteiger partial charge in [-0.05, 0) is 42.5 Å². The normalized spacial score (nSPS) is 10.3. The number of ether oxygens (including phenoxy) is 2. The van der Waals surface area contributed by atoms with Gasteiger partial charge in [0.15, 0.2) is 17.3 Å². The fourth-order valence-electron chi connectivity index (χ4n) is 2.57. The lowest BCUT2D eigenvalue weighted by molar-refractivity contribution is -0.114. The third-order valence-electron chi connectivity index (χ3n) is 3.86. The van der Waals surface area contributed by atoms with Gasteiger partial charge in [-0.2, -0.15) is 0 Å². The van der Waals surface area contributed by atoms with E-state index in [2.05, 4.69) is 26.6 Å². The quantitative estimate of drug-likeness (QED) is 0.528. The van der Waals surface area contributed by atoms with Crippen LogP contribution < -0.4 is 20.1 Å². The zero-order chi connectivity index (χ0) is 20.8. The summed E-state index contributed by atoms with van der Waals surface area (Å²) in [5.41, 5.74) is 0.933. The molecule has 1 heterocycles. The third kappa shape index (κ3) is 5.39. The number of benzene rings is 2. The maximum atomic E-state index is 12.6. The van der Waals surface area contributed by atoms with E-state index >= 15 is 0 Å². The number of amides is 2. The highest BCUT2D eigenvalue weighted by Gasteiger charge is 2.15. The molecule has 0 spiro atoms. The van der Waals surface area contributed by atoms with Crippen LogP contribution in [0.15, 0.2) is 63.5 Å². The van der Waals surface area contributed by atoms with Crippen LogP contribution in [0, 0.1) is 0 Å². The van der Waals surface area contributed by atoms with Gasteiger partial charge < -0.3 is 24.5 Å². The number of anilines is 2. The van der Waals surface area contributed by atoms with E-state index in [0.29, 0.717) is 28.6 Å². The van der Waals surface area contributed by atoms with Crippen molar-refractivity contribution in [1.82, 2.24) is 0 Å². The molecule has 2 N–H and O–H groups in total. The molecule has 2 aromatic carbocycles. The van der Waals surface area contributed by atoms with Crippen LogP contribution in [0.1, 0.15) is 23.2 Å². The maximum Gasteiger partial charge on any atom is 0.291 e. The zero-order valence-corrected chi connectivity index (χ0v) is 17.4. The van der Waals surface area contributed by atoms with Gasteiger partial charge in [-0.3, -0.25) is 9.59 Å². The van der Waals surface area contributed by atoms with Crippen molar-refractivity contribution in [1.29, 1.82) is 0 Å². The van der Waals surface area contributed by atoms with Crippen LogP contribution in [0.3, 0.4) is 0 Å². The van der Waals surface area contributed by atoms with Gasteiger partial charge in [0.05, 0.1) is 18.5 Å². The van der Waals surface area contributed by atoms with Crippen LogP contribution >= 0.6 is 15.9 Å². The molecule has 29 heavy (non-hydrogen) atoms. The molecule has 2 amide bonds. The second-order valence-corrected chi connectivity index (χ2v) is 6.95. The first-order valence-electron chi connectivity index (χ1n) is 8.69. The largest absolute Gasteiger partial charge is 0.493 e. The number of hydrogen-bond donors (Lipinski definition) is 2. The monoisotopic (exact) mass is 458 g/mol. The van der Waals surface area contributed by atoms with E-state index in [1.54, 1.807) is 49.6 Å². The third-order valence-corrected chi connectivity index (χ3v) is 4.36. The summed E-state index contributed by atoms with van der Waals surface area (Å²) >= 11 is 3.35. The number of hydrogen-bond acceptors (Lipinski definition) is 5. The Labute approximate surface area is 176 Å². The van der Waals surface area contributed by atoms with E-state index in [9.17, 15) is 9.59 Å². The topological polar surface area (TPSA) is 89.8 Å². The molecule has 3 rings (SSSR count). The smallest absolute Gasteiger partial charge is 0.291 e. The predicted molar refractivity (Wildman–Crippen MR) is 112 cm³/mol.